The molecule has 1 aliphatic rings. The summed E-state index contributed by atoms with van der Waals surface area (Å²) in [5.41, 5.74) is 2.47. The van der Waals surface area contributed by atoms with Crippen LogP contribution < -0.4 is 5.32 Å². The van der Waals surface area contributed by atoms with Crippen molar-refractivity contribution in [2.24, 2.45) is 0 Å². The second kappa shape index (κ2) is 3.08. The summed E-state index contributed by atoms with van der Waals surface area (Å²) in [6.45, 7) is 3.16. The van der Waals surface area contributed by atoms with Gasteiger partial charge in [0.1, 0.15) is 0 Å². The van der Waals surface area contributed by atoms with Gasteiger partial charge in [-0.2, -0.15) is 0 Å². The van der Waals surface area contributed by atoms with Gasteiger partial charge in [-0.05, 0) is 37.1 Å². The van der Waals surface area contributed by atoms with E-state index in [4.69, 9.17) is 11.6 Å². The van der Waals surface area contributed by atoms with E-state index in [0.717, 1.165) is 17.1 Å². The Kier molecular flexibility index (Phi) is 2.07. The average molecular weight is 182 g/mol. The topological polar surface area (TPSA) is 12.0 Å². The van der Waals surface area contributed by atoms with Gasteiger partial charge in [-0.15, -0.1) is 0 Å². The van der Waals surface area contributed by atoms with Crippen LogP contribution in [0, 0.1) is 6.92 Å². The summed E-state index contributed by atoms with van der Waals surface area (Å²) in [7, 11) is 0. The van der Waals surface area contributed by atoms with E-state index in [-0.39, 0.29) is 0 Å². The van der Waals surface area contributed by atoms with Gasteiger partial charge >= 0.3 is 0 Å². The molecule has 1 nitrogen and oxygen atoms in total. The fraction of sp³-hybridized carbons (Fsp3) is 0.400. The van der Waals surface area contributed by atoms with E-state index >= 15 is 0 Å². The van der Waals surface area contributed by atoms with Gasteiger partial charge in [0, 0.05) is 11.1 Å². The first-order chi connectivity index (χ1) is 5.77. The molecular formula is C10H12ClN. The SMILES string of the molecule is Cc1ccc(C2CCN2)cc1Cl. The molecule has 64 valence electrons. The molecule has 2 rings (SSSR count). The molecular weight excluding hydrogens is 170 g/mol. The van der Waals surface area contributed by atoms with Gasteiger partial charge < -0.3 is 5.32 Å². The van der Waals surface area contributed by atoms with E-state index in [1.165, 1.54) is 12.0 Å². The molecule has 1 unspecified atom stereocenters. The van der Waals surface area contributed by atoms with Gasteiger partial charge in [-0.1, -0.05) is 23.7 Å². The van der Waals surface area contributed by atoms with E-state index in [1.807, 2.05) is 6.92 Å². The molecule has 0 spiro atoms. The van der Waals surface area contributed by atoms with Gasteiger partial charge in [0.05, 0.1) is 0 Å². The molecule has 0 radical (unpaired) electrons. The van der Waals surface area contributed by atoms with E-state index in [9.17, 15) is 0 Å². The van der Waals surface area contributed by atoms with Crippen molar-refractivity contribution in [3.05, 3.63) is 34.3 Å². The molecule has 1 saturated heterocycles. The fourth-order valence-electron chi connectivity index (χ4n) is 1.40. The first-order valence-corrected chi connectivity index (χ1v) is 4.64. The number of aryl methyl sites for hydroxylation is 1. The van der Waals surface area contributed by atoms with E-state index in [2.05, 4.69) is 23.5 Å². The van der Waals surface area contributed by atoms with Gasteiger partial charge in [0.25, 0.3) is 0 Å². The van der Waals surface area contributed by atoms with Gasteiger partial charge in [0.2, 0.25) is 0 Å². The van der Waals surface area contributed by atoms with Gasteiger partial charge in [-0.25, -0.2) is 0 Å². The maximum atomic E-state index is 6.01. The van der Waals surface area contributed by atoms with Crippen LogP contribution >= 0.6 is 11.6 Å². The Balaban J connectivity index is 2.27. The zero-order valence-electron chi connectivity index (χ0n) is 7.10. The minimum Gasteiger partial charge on any atom is -0.310 e. The van der Waals surface area contributed by atoms with Crippen LogP contribution in [0.2, 0.25) is 5.02 Å². The Morgan fingerprint density at radius 3 is 2.75 bits per heavy atom. The number of rotatable bonds is 1. The molecule has 1 aliphatic heterocycles. The molecule has 1 N–H and O–H groups in total. The van der Waals surface area contributed by atoms with Crippen LogP contribution in [0.1, 0.15) is 23.6 Å². The Morgan fingerprint density at radius 1 is 1.50 bits per heavy atom. The highest BCUT2D eigenvalue weighted by atomic mass is 35.5. The highest BCUT2D eigenvalue weighted by molar-refractivity contribution is 6.31. The van der Waals surface area contributed by atoms with Crippen LogP contribution in [0.3, 0.4) is 0 Å². The number of benzene rings is 1. The third kappa shape index (κ3) is 1.35. The second-order valence-corrected chi connectivity index (χ2v) is 3.71. The van der Waals surface area contributed by atoms with Gasteiger partial charge in [-0.3, -0.25) is 0 Å². The average Bonchev–Trinajstić information content (AvgIpc) is 1.93. The molecule has 1 atom stereocenters. The summed E-state index contributed by atoms with van der Waals surface area (Å²) in [5, 5.41) is 4.23. The van der Waals surface area contributed by atoms with Gasteiger partial charge in [0.15, 0.2) is 0 Å². The number of hydrogen-bond acceptors (Lipinski definition) is 1. The molecule has 0 aliphatic carbocycles. The number of hydrogen-bond donors (Lipinski definition) is 1. The van der Waals surface area contributed by atoms with Crippen molar-refractivity contribution in [2.45, 2.75) is 19.4 Å². The lowest BCUT2D eigenvalue weighted by molar-refractivity contribution is 0.383. The molecule has 0 saturated carbocycles. The molecule has 1 aromatic rings. The highest BCUT2D eigenvalue weighted by Gasteiger charge is 2.18. The zero-order chi connectivity index (χ0) is 8.55. The third-order valence-electron chi connectivity index (χ3n) is 2.42. The Labute approximate surface area is 77.7 Å². The smallest absolute Gasteiger partial charge is 0.0438 e. The maximum absolute atomic E-state index is 6.01. The van der Waals surface area contributed by atoms with Crippen molar-refractivity contribution >= 4 is 11.6 Å². The number of halogens is 1. The molecule has 0 bridgehead atoms. The van der Waals surface area contributed by atoms with Crippen LogP contribution in [0.4, 0.5) is 0 Å². The Hall–Kier alpha value is -0.530. The lowest BCUT2D eigenvalue weighted by Crippen LogP contribution is -2.34. The van der Waals surface area contributed by atoms with Crippen molar-refractivity contribution < 1.29 is 0 Å². The van der Waals surface area contributed by atoms with Crippen molar-refractivity contribution in [1.82, 2.24) is 5.32 Å². The largest absolute Gasteiger partial charge is 0.310 e. The predicted octanol–water partition coefficient (Wildman–Crippen LogP) is 2.68. The summed E-state index contributed by atoms with van der Waals surface area (Å²) < 4.78 is 0. The normalized spacial score (nSPS) is 22.0. The van der Waals surface area contributed by atoms with Crippen LogP contribution in [0.25, 0.3) is 0 Å². The first-order valence-electron chi connectivity index (χ1n) is 4.27. The van der Waals surface area contributed by atoms with Crippen LogP contribution in [-0.4, -0.2) is 6.54 Å². The van der Waals surface area contributed by atoms with Crippen molar-refractivity contribution in [1.29, 1.82) is 0 Å². The molecule has 1 fully saturated rings. The second-order valence-electron chi connectivity index (χ2n) is 3.30. The summed E-state index contributed by atoms with van der Waals surface area (Å²) in [6.07, 6.45) is 1.24. The summed E-state index contributed by atoms with van der Waals surface area (Å²) in [6, 6.07) is 6.84. The van der Waals surface area contributed by atoms with E-state index in [1.54, 1.807) is 0 Å². The summed E-state index contributed by atoms with van der Waals surface area (Å²) in [5.74, 6) is 0. The molecule has 2 heteroatoms. The zero-order valence-corrected chi connectivity index (χ0v) is 7.86. The lowest BCUT2D eigenvalue weighted by atomic mass is 9.97. The minimum atomic E-state index is 0.545. The van der Waals surface area contributed by atoms with E-state index < -0.39 is 0 Å². The minimum absolute atomic E-state index is 0.545. The maximum Gasteiger partial charge on any atom is 0.0438 e. The summed E-state index contributed by atoms with van der Waals surface area (Å²) >= 11 is 6.01. The quantitative estimate of drug-likeness (QED) is 0.703. The van der Waals surface area contributed by atoms with Crippen LogP contribution in [0.15, 0.2) is 18.2 Å². The van der Waals surface area contributed by atoms with Crippen molar-refractivity contribution in [3.63, 3.8) is 0 Å². The van der Waals surface area contributed by atoms with E-state index in [0.29, 0.717) is 6.04 Å². The fourth-order valence-corrected chi connectivity index (χ4v) is 1.59. The third-order valence-corrected chi connectivity index (χ3v) is 2.83. The molecule has 1 heterocycles. The summed E-state index contributed by atoms with van der Waals surface area (Å²) in [4.78, 5) is 0. The predicted molar refractivity (Wildman–Crippen MR) is 51.5 cm³/mol. The highest BCUT2D eigenvalue weighted by Crippen LogP contribution is 2.26. The van der Waals surface area contributed by atoms with Crippen molar-refractivity contribution in [3.8, 4) is 0 Å². The lowest BCUT2D eigenvalue weighted by Gasteiger charge is -2.28. The Bertz CT molecular complexity index is 292. The van der Waals surface area contributed by atoms with Crippen LogP contribution in [0.5, 0.6) is 0 Å². The standard InChI is InChI=1S/C10H12ClN/c1-7-2-3-8(6-9(7)11)10-4-5-12-10/h2-3,6,10,12H,4-5H2,1H3. The molecule has 0 aromatic heterocycles. The van der Waals surface area contributed by atoms with Crippen LogP contribution in [-0.2, 0) is 0 Å². The first kappa shape index (κ1) is 8.09. The molecule has 0 amide bonds. The number of nitrogens with one attached hydrogen (secondary N) is 1. The monoisotopic (exact) mass is 181 g/mol. The van der Waals surface area contributed by atoms with Crippen molar-refractivity contribution in [2.75, 3.05) is 6.54 Å². The molecule has 12 heavy (non-hydrogen) atoms. The molecule has 1 aromatic carbocycles. The Morgan fingerprint density at radius 2 is 2.25 bits per heavy atom.